The molecule has 1 aromatic carbocycles. The normalized spacial score (nSPS) is 15.9. The van der Waals surface area contributed by atoms with Crippen molar-refractivity contribution >= 4 is 15.9 Å². The first-order valence-corrected chi connectivity index (χ1v) is 7.00. The zero-order valence-corrected chi connectivity index (χ0v) is 12.1. The van der Waals surface area contributed by atoms with E-state index >= 15 is 0 Å². The minimum Gasteiger partial charge on any atom is -0.492 e. The second-order valence-electron chi connectivity index (χ2n) is 5.23. The molecule has 0 amide bonds. The van der Waals surface area contributed by atoms with Gasteiger partial charge in [-0.05, 0) is 56.9 Å². The van der Waals surface area contributed by atoms with Crippen LogP contribution in [-0.2, 0) is 0 Å². The molecule has 1 saturated carbocycles. The largest absolute Gasteiger partial charge is 0.492 e. The van der Waals surface area contributed by atoms with Crippen molar-refractivity contribution in [1.29, 1.82) is 0 Å². The van der Waals surface area contributed by atoms with Gasteiger partial charge >= 0.3 is 0 Å². The highest BCUT2D eigenvalue weighted by Gasteiger charge is 2.36. The molecule has 0 aliphatic heterocycles. The van der Waals surface area contributed by atoms with E-state index in [-0.39, 0.29) is 5.54 Å². The molecule has 1 N–H and O–H groups in total. The Hall–Kier alpha value is -0.540. The molecule has 2 rings (SSSR count). The predicted octanol–water partition coefficient (Wildman–Crippen LogP) is 3.61. The summed E-state index contributed by atoms with van der Waals surface area (Å²) in [6, 6.07) is 7.96. The van der Waals surface area contributed by atoms with Crippen LogP contribution < -0.4 is 10.1 Å². The maximum atomic E-state index is 5.67. The van der Waals surface area contributed by atoms with Gasteiger partial charge in [0.1, 0.15) is 12.4 Å². The van der Waals surface area contributed by atoms with Gasteiger partial charge in [-0.3, -0.25) is 0 Å². The summed E-state index contributed by atoms with van der Waals surface area (Å²) in [7, 11) is 0. The van der Waals surface area contributed by atoms with E-state index in [4.69, 9.17) is 4.74 Å². The van der Waals surface area contributed by atoms with Crippen LogP contribution in [0.25, 0.3) is 0 Å². The Labute approximate surface area is 112 Å². The molecule has 0 radical (unpaired) electrons. The van der Waals surface area contributed by atoms with E-state index in [9.17, 15) is 0 Å². The minimum atomic E-state index is 0.267. The second-order valence-corrected chi connectivity index (χ2v) is 6.14. The Kier molecular flexibility index (Phi) is 4.10. The summed E-state index contributed by atoms with van der Waals surface area (Å²) < 4.78 is 6.75. The molecule has 3 heteroatoms. The van der Waals surface area contributed by atoms with Gasteiger partial charge in [0.05, 0.1) is 0 Å². The Morgan fingerprint density at radius 3 is 2.53 bits per heavy atom. The van der Waals surface area contributed by atoms with E-state index < -0.39 is 0 Å². The summed E-state index contributed by atoms with van der Waals surface area (Å²) in [5, 5.41) is 3.57. The maximum Gasteiger partial charge on any atom is 0.119 e. The highest BCUT2D eigenvalue weighted by Crippen LogP contribution is 2.38. The zero-order valence-electron chi connectivity index (χ0n) is 10.5. The maximum absolute atomic E-state index is 5.67. The zero-order chi connectivity index (χ0) is 12.3. The molecule has 0 saturated heterocycles. The molecule has 1 fully saturated rings. The van der Waals surface area contributed by atoms with Crippen molar-refractivity contribution in [1.82, 2.24) is 5.32 Å². The van der Waals surface area contributed by atoms with E-state index in [0.717, 1.165) is 29.3 Å². The Morgan fingerprint density at radius 2 is 1.94 bits per heavy atom. The third kappa shape index (κ3) is 4.00. The van der Waals surface area contributed by atoms with Crippen LogP contribution in [-0.4, -0.2) is 18.7 Å². The number of ether oxygens (including phenoxy) is 1. The molecule has 94 valence electrons. The third-order valence-electron chi connectivity index (χ3n) is 3.36. The van der Waals surface area contributed by atoms with Gasteiger partial charge in [-0.25, -0.2) is 0 Å². The van der Waals surface area contributed by atoms with Crippen LogP contribution in [0.15, 0.2) is 28.7 Å². The highest BCUT2D eigenvalue weighted by molar-refractivity contribution is 9.10. The van der Waals surface area contributed by atoms with Gasteiger partial charge in [0.15, 0.2) is 0 Å². The fourth-order valence-corrected chi connectivity index (χ4v) is 2.29. The van der Waals surface area contributed by atoms with Crippen molar-refractivity contribution in [3.8, 4) is 5.75 Å². The predicted molar refractivity (Wildman–Crippen MR) is 74.4 cm³/mol. The average molecular weight is 298 g/mol. The summed E-state index contributed by atoms with van der Waals surface area (Å²) in [4.78, 5) is 0. The van der Waals surface area contributed by atoms with Crippen LogP contribution in [0.5, 0.6) is 5.75 Å². The van der Waals surface area contributed by atoms with Crippen LogP contribution >= 0.6 is 15.9 Å². The van der Waals surface area contributed by atoms with Gasteiger partial charge in [0, 0.05) is 16.6 Å². The molecule has 17 heavy (non-hydrogen) atoms. The number of halogens is 1. The van der Waals surface area contributed by atoms with Crippen molar-refractivity contribution in [2.45, 2.75) is 32.2 Å². The van der Waals surface area contributed by atoms with Crippen molar-refractivity contribution < 1.29 is 4.74 Å². The fourth-order valence-electron chi connectivity index (χ4n) is 2.02. The molecule has 1 aromatic rings. The van der Waals surface area contributed by atoms with Crippen molar-refractivity contribution in [2.75, 3.05) is 13.2 Å². The molecule has 2 nitrogen and oxygen atoms in total. The quantitative estimate of drug-likeness (QED) is 0.810. The number of benzene rings is 1. The van der Waals surface area contributed by atoms with E-state index in [0.29, 0.717) is 0 Å². The highest BCUT2D eigenvalue weighted by atomic mass is 79.9. The van der Waals surface area contributed by atoms with Crippen LogP contribution in [0.3, 0.4) is 0 Å². The van der Waals surface area contributed by atoms with Crippen LogP contribution in [0.2, 0.25) is 0 Å². The van der Waals surface area contributed by atoms with Crippen LogP contribution in [0.1, 0.15) is 26.7 Å². The lowest BCUT2D eigenvalue weighted by atomic mass is 9.99. The van der Waals surface area contributed by atoms with Crippen molar-refractivity contribution in [3.63, 3.8) is 0 Å². The lowest BCUT2D eigenvalue weighted by Gasteiger charge is -2.26. The molecule has 0 aromatic heterocycles. The standard InChI is InChI=1S/C14H20BrNO/c1-14(2,11-3-4-11)16-9-10-17-13-7-5-12(15)6-8-13/h5-8,11,16H,3-4,9-10H2,1-2H3. The summed E-state index contributed by atoms with van der Waals surface area (Å²) in [5.41, 5.74) is 0.267. The fraction of sp³-hybridized carbons (Fsp3) is 0.571. The molecular weight excluding hydrogens is 278 g/mol. The summed E-state index contributed by atoms with van der Waals surface area (Å²) in [6.07, 6.45) is 2.74. The van der Waals surface area contributed by atoms with Gasteiger partial charge in [-0.15, -0.1) is 0 Å². The molecule has 1 aliphatic carbocycles. The number of hydrogen-bond donors (Lipinski definition) is 1. The van der Waals surface area contributed by atoms with Crippen molar-refractivity contribution in [2.24, 2.45) is 5.92 Å². The Morgan fingerprint density at radius 1 is 1.29 bits per heavy atom. The topological polar surface area (TPSA) is 21.3 Å². The van der Waals surface area contributed by atoms with Gasteiger partial charge in [-0.2, -0.15) is 0 Å². The summed E-state index contributed by atoms with van der Waals surface area (Å²) in [6.45, 7) is 6.19. The number of rotatable bonds is 6. The van der Waals surface area contributed by atoms with Gasteiger partial charge in [0.25, 0.3) is 0 Å². The van der Waals surface area contributed by atoms with Gasteiger partial charge in [-0.1, -0.05) is 15.9 Å². The Bertz CT molecular complexity index is 357. The van der Waals surface area contributed by atoms with Gasteiger partial charge < -0.3 is 10.1 Å². The number of hydrogen-bond acceptors (Lipinski definition) is 2. The molecule has 0 bridgehead atoms. The molecule has 0 heterocycles. The van der Waals surface area contributed by atoms with E-state index in [1.165, 1.54) is 12.8 Å². The monoisotopic (exact) mass is 297 g/mol. The molecule has 0 atom stereocenters. The minimum absolute atomic E-state index is 0.267. The van der Waals surface area contributed by atoms with Crippen LogP contribution in [0, 0.1) is 5.92 Å². The second kappa shape index (κ2) is 5.40. The van der Waals surface area contributed by atoms with E-state index in [2.05, 4.69) is 35.1 Å². The Balaban J connectivity index is 1.67. The third-order valence-corrected chi connectivity index (χ3v) is 3.89. The average Bonchev–Trinajstić information content (AvgIpc) is 3.11. The first-order valence-electron chi connectivity index (χ1n) is 6.21. The lowest BCUT2D eigenvalue weighted by molar-refractivity contribution is 0.270. The molecular formula is C14H20BrNO. The summed E-state index contributed by atoms with van der Waals surface area (Å²) in [5.74, 6) is 1.79. The smallest absolute Gasteiger partial charge is 0.119 e. The first-order chi connectivity index (χ1) is 8.08. The summed E-state index contributed by atoms with van der Waals surface area (Å²) >= 11 is 3.41. The SMILES string of the molecule is CC(C)(NCCOc1ccc(Br)cc1)C1CC1. The van der Waals surface area contributed by atoms with Crippen molar-refractivity contribution in [3.05, 3.63) is 28.7 Å². The van der Waals surface area contributed by atoms with Crippen LogP contribution in [0.4, 0.5) is 0 Å². The van der Waals surface area contributed by atoms with E-state index in [1.54, 1.807) is 0 Å². The molecule has 0 spiro atoms. The molecule has 1 aliphatic rings. The molecule has 0 unspecified atom stereocenters. The lowest BCUT2D eigenvalue weighted by Crippen LogP contribution is -2.43. The first kappa shape index (κ1) is 12.9. The van der Waals surface area contributed by atoms with Gasteiger partial charge in [0.2, 0.25) is 0 Å². The van der Waals surface area contributed by atoms with E-state index in [1.807, 2.05) is 24.3 Å². The number of nitrogens with one attached hydrogen (secondary N) is 1.